The molecule has 0 aliphatic carbocycles. The molecule has 1 aromatic rings. The fourth-order valence-electron chi connectivity index (χ4n) is 1.37. The number of benzene rings is 1. The molecule has 16 heavy (non-hydrogen) atoms. The summed E-state index contributed by atoms with van der Waals surface area (Å²) in [7, 11) is 1.68. The molecule has 0 unspecified atom stereocenters. The van der Waals surface area contributed by atoms with Crippen LogP contribution in [0, 0.1) is 0 Å². The second-order valence-electron chi connectivity index (χ2n) is 3.89. The first-order valence-corrected chi connectivity index (χ1v) is 4.90. The zero-order chi connectivity index (χ0) is 12.3. The lowest BCUT2D eigenvalue weighted by Crippen LogP contribution is -2.28. The van der Waals surface area contributed by atoms with Crippen LogP contribution in [0.1, 0.15) is 17.3 Å². The van der Waals surface area contributed by atoms with Crippen molar-refractivity contribution in [3.63, 3.8) is 0 Å². The number of amides is 1. The normalized spacial score (nSPS) is 9.88. The van der Waals surface area contributed by atoms with E-state index >= 15 is 0 Å². The Morgan fingerprint density at radius 2 is 2.19 bits per heavy atom. The number of likely N-dealkylation sites (N-methyl/N-ethyl adjacent to an activating group) is 1. The van der Waals surface area contributed by atoms with Gasteiger partial charge >= 0.3 is 0 Å². The van der Waals surface area contributed by atoms with Gasteiger partial charge in [0.1, 0.15) is 5.75 Å². The van der Waals surface area contributed by atoms with Gasteiger partial charge in [0.15, 0.2) is 0 Å². The van der Waals surface area contributed by atoms with Crippen LogP contribution in [0.5, 0.6) is 5.75 Å². The summed E-state index contributed by atoms with van der Waals surface area (Å²) in [4.78, 5) is 13.4. The highest BCUT2D eigenvalue weighted by atomic mass is 16.3. The molecule has 0 spiro atoms. The lowest BCUT2D eigenvalue weighted by atomic mass is 10.1. The fraction of sp³-hybridized carbons (Fsp3) is 0.250. The Labute approximate surface area is 95.0 Å². The molecular formula is C12H16N2O2. The van der Waals surface area contributed by atoms with Gasteiger partial charge in [-0.2, -0.15) is 0 Å². The minimum atomic E-state index is -0.168. The highest BCUT2D eigenvalue weighted by Gasteiger charge is 2.12. The number of carbonyl (C=O) groups is 1. The third-order valence-corrected chi connectivity index (χ3v) is 2.13. The average Bonchev–Trinajstić information content (AvgIpc) is 2.20. The Kier molecular flexibility index (Phi) is 3.55. The number of phenols is 1. The van der Waals surface area contributed by atoms with E-state index in [2.05, 4.69) is 6.58 Å². The molecule has 1 aromatic carbocycles. The topological polar surface area (TPSA) is 66.6 Å². The maximum Gasteiger partial charge on any atom is 0.254 e. The number of nitrogens with zero attached hydrogens (tertiary/aromatic N) is 1. The molecule has 0 fully saturated rings. The first-order valence-electron chi connectivity index (χ1n) is 4.90. The van der Waals surface area contributed by atoms with Crippen molar-refractivity contribution in [1.82, 2.24) is 4.90 Å². The number of anilines is 1. The van der Waals surface area contributed by atoms with Crippen molar-refractivity contribution in [2.24, 2.45) is 0 Å². The summed E-state index contributed by atoms with van der Waals surface area (Å²) >= 11 is 0. The Hall–Kier alpha value is -1.97. The molecule has 4 heteroatoms. The van der Waals surface area contributed by atoms with E-state index in [-0.39, 0.29) is 17.3 Å². The molecule has 0 bridgehead atoms. The third kappa shape index (κ3) is 2.76. The zero-order valence-electron chi connectivity index (χ0n) is 9.53. The summed E-state index contributed by atoms with van der Waals surface area (Å²) in [5, 5.41) is 9.40. The van der Waals surface area contributed by atoms with E-state index in [4.69, 9.17) is 5.73 Å². The number of rotatable bonds is 3. The monoisotopic (exact) mass is 220 g/mol. The quantitative estimate of drug-likeness (QED) is 0.462. The van der Waals surface area contributed by atoms with Gasteiger partial charge in [-0.15, -0.1) is 0 Å². The number of carbonyl (C=O) groups excluding carboxylic acids is 1. The van der Waals surface area contributed by atoms with E-state index in [0.29, 0.717) is 12.1 Å². The van der Waals surface area contributed by atoms with Crippen molar-refractivity contribution in [3.8, 4) is 5.75 Å². The number of nitrogens with two attached hydrogens (primary N) is 1. The van der Waals surface area contributed by atoms with Gasteiger partial charge in [-0.05, 0) is 25.1 Å². The second kappa shape index (κ2) is 4.70. The van der Waals surface area contributed by atoms with Gasteiger partial charge < -0.3 is 15.7 Å². The minimum Gasteiger partial charge on any atom is -0.506 e. The number of hydrogen-bond donors (Lipinski definition) is 2. The molecule has 3 N–H and O–H groups in total. The van der Waals surface area contributed by atoms with E-state index in [1.807, 2.05) is 6.92 Å². The molecule has 86 valence electrons. The largest absolute Gasteiger partial charge is 0.506 e. The minimum absolute atomic E-state index is 0.0745. The predicted octanol–water partition coefficient (Wildman–Crippen LogP) is 1.62. The molecule has 0 aromatic heterocycles. The van der Waals surface area contributed by atoms with E-state index in [9.17, 15) is 9.90 Å². The lowest BCUT2D eigenvalue weighted by Gasteiger charge is -2.17. The van der Waals surface area contributed by atoms with Gasteiger partial charge in [-0.25, -0.2) is 0 Å². The first-order chi connectivity index (χ1) is 7.41. The summed E-state index contributed by atoms with van der Waals surface area (Å²) < 4.78 is 0. The zero-order valence-corrected chi connectivity index (χ0v) is 9.53. The SMILES string of the molecule is C=C(C)CN(C)C(=O)c1ccc(N)c(O)c1. The highest BCUT2D eigenvalue weighted by molar-refractivity contribution is 5.95. The summed E-state index contributed by atoms with van der Waals surface area (Å²) in [5.74, 6) is -0.243. The Bertz CT molecular complexity index is 427. The smallest absolute Gasteiger partial charge is 0.254 e. The van der Waals surface area contributed by atoms with Gasteiger partial charge in [0.05, 0.1) is 5.69 Å². The molecule has 0 heterocycles. The molecule has 1 amide bonds. The third-order valence-electron chi connectivity index (χ3n) is 2.13. The lowest BCUT2D eigenvalue weighted by molar-refractivity contribution is 0.0806. The Morgan fingerprint density at radius 3 is 2.69 bits per heavy atom. The van der Waals surface area contributed by atoms with Gasteiger partial charge in [0.25, 0.3) is 5.91 Å². The molecule has 0 aliphatic rings. The van der Waals surface area contributed by atoms with Crippen LogP contribution < -0.4 is 5.73 Å². The van der Waals surface area contributed by atoms with Crippen LogP contribution in [0.15, 0.2) is 30.4 Å². The molecule has 0 saturated carbocycles. The molecule has 0 atom stereocenters. The first kappa shape index (κ1) is 12.1. The molecule has 0 radical (unpaired) electrons. The summed E-state index contributed by atoms with van der Waals surface area (Å²) in [6, 6.07) is 4.47. The van der Waals surface area contributed by atoms with Crippen molar-refractivity contribution < 1.29 is 9.90 Å². The molecule has 4 nitrogen and oxygen atoms in total. The Morgan fingerprint density at radius 1 is 1.56 bits per heavy atom. The van der Waals surface area contributed by atoms with E-state index in [1.54, 1.807) is 13.1 Å². The number of phenolic OH excluding ortho intramolecular Hbond substituents is 1. The number of nitrogen functional groups attached to an aromatic ring is 1. The molecule has 1 rings (SSSR count). The van der Waals surface area contributed by atoms with Gasteiger partial charge in [0.2, 0.25) is 0 Å². The van der Waals surface area contributed by atoms with Crippen LogP contribution in [-0.4, -0.2) is 29.5 Å². The van der Waals surface area contributed by atoms with Crippen molar-refractivity contribution in [1.29, 1.82) is 0 Å². The van der Waals surface area contributed by atoms with Crippen molar-refractivity contribution in [2.75, 3.05) is 19.3 Å². The summed E-state index contributed by atoms with van der Waals surface area (Å²) in [6.07, 6.45) is 0. The van der Waals surface area contributed by atoms with Crippen LogP contribution in [0.2, 0.25) is 0 Å². The van der Waals surface area contributed by atoms with Crippen LogP contribution in [0.25, 0.3) is 0 Å². The fourth-order valence-corrected chi connectivity index (χ4v) is 1.37. The second-order valence-corrected chi connectivity index (χ2v) is 3.89. The molecule has 0 aliphatic heterocycles. The summed E-state index contributed by atoms with van der Waals surface area (Å²) in [5.41, 5.74) is 7.03. The van der Waals surface area contributed by atoms with Crippen LogP contribution in [-0.2, 0) is 0 Å². The predicted molar refractivity (Wildman–Crippen MR) is 64.3 cm³/mol. The number of hydrogen-bond acceptors (Lipinski definition) is 3. The number of aromatic hydroxyl groups is 1. The van der Waals surface area contributed by atoms with Crippen molar-refractivity contribution in [3.05, 3.63) is 35.9 Å². The van der Waals surface area contributed by atoms with Gasteiger partial charge in [-0.3, -0.25) is 4.79 Å². The maximum absolute atomic E-state index is 11.9. The van der Waals surface area contributed by atoms with E-state index in [0.717, 1.165) is 5.57 Å². The van der Waals surface area contributed by atoms with Crippen molar-refractivity contribution >= 4 is 11.6 Å². The molecular weight excluding hydrogens is 204 g/mol. The van der Waals surface area contributed by atoms with Crippen LogP contribution in [0.4, 0.5) is 5.69 Å². The summed E-state index contributed by atoms with van der Waals surface area (Å²) in [6.45, 7) is 6.08. The average molecular weight is 220 g/mol. The standard InChI is InChI=1S/C12H16N2O2/c1-8(2)7-14(3)12(16)9-4-5-10(13)11(15)6-9/h4-6,15H,1,7,13H2,2-3H3. The van der Waals surface area contributed by atoms with E-state index in [1.165, 1.54) is 17.0 Å². The van der Waals surface area contributed by atoms with Gasteiger partial charge in [-0.1, -0.05) is 12.2 Å². The van der Waals surface area contributed by atoms with E-state index < -0.39 is 0 Å². The van der Waals surface area contributed by atoms with Gasteiger partial charge in [0, 0.05) is 19.2 Å². The van der Waals surface area contributed by atoms with Crippen LogP contribution >= 0.6 is 0 Å². The maximum atomic E-state index is 11.9. The molecule has 0 saturated heterocycles. The highest BCUT2D eigenvalue weighted by Crippen LogP contribution is 2.21. The van der Waals surface area contributed by atoms with Crippen molar-refractivity contribution in [2.45, 2.75) is 6.92 Å². The Balaban J connectivity index is 2.88. The van der Waals surface area contributed by atoms with Crippen LogP contribution in [0.3, 0.4) is 0 Å².